The van der Waals surface area contributed by atoms with Crippen LogP contribution < -0.4 is 0 Å². The molecule has 0 saturated carbocycles. The lowest BCUT2D eigenvalue weighted by Gasteiger charge is -2.18. The molecule has 0 spiro atoms. The third-order valence-electron chi connectivity index (χ3n) is 1.82. The average Bonchev–Trinajstić information content (AvgIpc) is 2.01. The molecule has 0 radical (unpaired) electrons. The van der Waals surface area contributed by atoms with Crippen LogP contribution in [-0.2, 0) is 14.5 Å². The van der Waals surface area contributed by atoms with Crippen molar-refractivity contribution in [2.24, 2.45) is 5.41 Å². The van der Waals surface area contributed by atoms with Crippen LogP contribution in [0.4, 0.5) is 4.53 Å². The molecule has 0 bridgehead atoms. The smallest absolute Gasteiger partial charge is 0.354 e. The Morgan fingerprint density at radius 1 is 1.46 bits per heavy atom. The Labute approximate surface area is 75.6 Å². The minimum absolute atomic E-state index is 0.0248. The standard InChI is InChI=1S/C8H13FO4/c1-8(2,7(12)13-9)5-3-4-6(10)11/h3-5H2,1-2H3,(H,10,11). The molecule has 1 N–H and O–H groups in total. The summed E-state index contributed by atoms with van der Waals surface area (Å²) in [5, 5.41) is 8.32. The van der Waals surface area contributed by atoms with Gasteiger partial charge < -0.3 is 5.11 Å². The first-order valence-electron chi connectivity index (χ1n) is 3.95. The molecule has 0 atom stereocenters. The molecule has 0 saturated heterocycles. The molecule has 0 aliphatic rings. The van der Waals surface area contributed by atoms with E-state index in [0.29, 0.717) is 12.8 Å². The van der Waals surface area contributed by atoms with Gasteiger partial charge in [-0.2, -0.15) is 0 Å². The predicted molar refractivity (Wildman–Crippen MR) is 42.5 cm³/mol. The van der Waals surface area contributed by atoms with Crippen molar-refractivity contribution < 1.29 is 24.2 Å². The summed E-state index contributed by atoms with van der Waals surface area (Å²) in [5.74, 6) is -1.89. The van der Waals surface area contributed by atoms with Gasteiger partial charge in [0.25, 0.3) is 0 Å². The van der Waals surface area contributed by atoms with Crippen LogP contribution in [0.2, 0.25) is 0 Å². The summed E-state index contributed by atoms with van der Waals surface area (Å²) in [5.41, 5.74) is -0.954. The second-order valence-corrected chi connectivity index (χ2v) is 3.50. The molecule has 76 valence electrons. The Morgan fingerprint density at radius 3 is 2.38 bits per heavy atom. The Hall–Kier alpha value is -1.13. The maximum absolute atomic E-state index is 11.5. The van der Waals surface area contributed by atoms with Gasteiger partial charge in [-0.3, -0.25) is 9.74 Å². The zero-order valence-corrected chi connectivity index (χ0v) is 7.67. The molecule has 0 amide bonds. The summed E-state index contributed by atoms with van der Waals surface area (Å²) < 4.78 is 11.5. The van der Waals surface area contributed by atoms with Crippen LogP contribution in [-0.4, -0.2) is 17.0 Å². The van der Waals surface area contributed by atoms with Crippen molar-refractivity contribution >= 4 is 11.9 Å². The van der Waals surface area contributed by atoms with Gasteiger partial charge in [-0.05, 0) is 26.7 Å². The number of hydrogen-bond acceptors (Lipinski definition) is 3. The van der Waals surface area contributed by atoms with Crippen molar-refractivity contribution in [2.45, 2.75) is 33.1 Å². The quantitative estimate of drug-likeness (QED) is 0.720. The maximum Gasteiger partial charge on any atom is 0.354 e. The average molecular weight is 192 g/mol. The van der Waals surface area contributed by atoms with E-state index in [1.54, 1.807) is 0 Å². The van der Waals surface area contributed by atoms with E-state index in [1.165, 1.54) is 13.8 Å². The van der Waals surface area contributed by atoms with Crippen molar-refractivity contribution in [1.29, 1.82) is 0 Å². The Bertz CT molecular complexity index is 200. The summed E-state index contributed by atoms with van der Waals surface area (Å²) >= 11 is 0. The number of aliphatic carboxylic acids is 1. The topological polar surface area (TPSA) is 63.6 Å². The van der Waals surface area contributed by atoms with Gasteiger partial charge >= 0.3 is 11.9 Å². The van der Waals surface area contributed by atoms with Crippen LogP contribution in [0.15, 0.2) is 0 Å². The molecule has 0 rings (SSSR count). The van der Waals surface area contributed by atoms with Gasteiger partial charge in [0.1, 0.15) is 0 Å². The first kappa shape index (κ1) is 11.9. The zero-order chi connectivity index (χ0) is 10.5. The van der Waals surface area contributed by atoms with Gasteiger partial charge in [0.05, 0.1) is 5.41 Å². The van der Waals surface area contributed by atoms with Crippen molar-refractivity contribution in [3.8, 4) is 0 Å². The highest BCUT2D eigenvalue weighted by Gasteiger charge is 2.29. The molecule has 0 unspecified atom stereocenters. The summed E-state index contributed by atoms with van der Waals surface area (Å²) in [4.78, 5) is 24.0. The second kappa shape index (κ2) is 4.79. The van der Waals surface area contributed by atoms with E-state index in [4.69, 9.17) is 5.11 Å². The Morgan fingerprint density at radius 2 is 2.00 bits per heavy atom. The third-order valence-corrected chi connectivity index (χ3v) is 1.82. The fraction of sp³-hybridized carbons (Fsp3) is 0.750. The van der Waals surface area contributed by atoms with Crippen molar-refractivity contribution in [3.63, 3.8) is 0 Å². The van der Waals surface area contributed by atoms with Gasteiger partial charge in [-0.25, -0.2) is 4.79 Å². The molecule has 0 heterocycles. The fourth-order valence-corrected chi connectivity index (χ4v) is 0.888. The van der Waals surface area contributed by atoms with Crippen molar-refractivity contribution in [1.82, 2.24) is 0 Å². The lowest BCUT2D eigenvalue weighted by molar-refractivity contribution is -0.195. The number of carboxylic acid groups (broad SMARTS) is 1. The lowest BCUT2D eigenvalue weighted by atomic mass is 9.87. The first-order chi connectivity index (χ1) is 5.90. The fourth-order valence-electron chi connectivity index (χ4n) is 0.888. The maximum atomic E-state index is 11.5. The van der Waals surface area contributed by atoms with E-state index in [0.717, 1.165) is 0 Å². The number of carboxylic acids is 1. The van der Waals surface area contributed by atoms with Crippen LogP contribution in [0.5, 0.6) is 0 Å². The largest absolute Gasteiger partial charge is 0.481 e. The van der Waals surface area contributed by atoms with E-state index < -0.39 is 17.4 Å². The molecule has 5 heteroatoms. The van der Waals surface area contributed by atoms with E-state index >= 15 is 0 Å². The summed E-state index contributed by atoms with van der Waals surface area (Å²) in [7, 11) is 0. The SMILES string of the molecule is CC(C)(CCCC(=O)O)C(=O)OF. The molecule has 4 nitrogen and oxygen atoms in total. The minimum Gasteiger partial charge on any atom is -0.481 e. The highest BCUT2D eigenvalue weighted by Crippen LogP contribution is 2.24. The first-order valence-corrected chi connectivity index (χ1v) is 3.95. The van der Waals surface area contributed by atoms with E-state index in [1.807, 2.05) is 0 Å². The van der Waals surface area contributed by atoms with Crippen molar-refractivity contribution in [3.05, 3.63) is 0 Å². The summed E-state index contributed by atoms with van der Waals surface area (Å²) in [6.07, 6.45) is 0.600. The van der Waals surface area contributed by atoms with Gasteiger partial charge in [0.15, 0.2) is 0 Å². The van der Waals surface area contributed by atoms with Crippen LogP contribution >= 0.6 is 0 Å². The Balaban J connectivity index is 3.89. The van der Waals surface area contributed by atoms with Crippen LogP contribution in [0.3, 0.4) is 0 Å². The second-order valence-electron chi connectivity index (χ2n) is 3.50. The van der Waals surface area contributed by atoms with Gasteiger partial charge in [-0.15, -0.1) is 0 Å². The lowest BCUT2D eigenvalue weighted by Crippen LogP contribution is -2.24. The zero-order valence-electron chi connectivity index (χ0n) is 7.67. The van der Waals surface area contributed by atoms with Gasteiger partial charge in [0.2, 0.25) is 0 Å². The summed E-state index contributed by atoms with van der Waals surface area (Å²) in [6.45, 7) is 3.02. The number of halogens is 1. The van der Waals surface area contributed by atoms with Crippen LogP contribution in [0.1, 0.15) is 33.1 Å². The van der Waals surface area contributed by atoms with Crippen molar-refractivity contribution in [2.75, 3.05) is 0 Å². The Kier molecular flexibility index (Phi) is 4.37. The molecular weight excluding hydrogens is 179 g/mol. The van der Waals surface area contributed by atoms with Gasteiger partial charge in [-0.1, -0.05) is 0 Å². The number of hydrogen-bond donors (Lipinski definition) is 1. The van der Waals surface area contributed by atoms with E-state index in [2.05, 4.69) is 4.94 Å². The normalized spacial score (nSPS) is 11.0. The monoisotopic (exact) mass is 192 g/mol. The van der Waals surface area contributed by atoms with Crippen LogP contribution in [0.25, 0.3) is 0 Å². The minimum atomic E-state index is -0.960. The molecule has 0 aromatic carbocycles. The molecule has 0 aromatic rings. The molecule has 0 fully saturated rings. The van der Waals surface area contributed by atoms with Gasteiger partial charge in [0, 0.05) is 10.9 Å². The highest BCUT2D eigenvalue weighted by molar-refractivity contribution is 5.75. The van der Waals surface area contributed by atoms with E-state index in [-0.39, 0.29) is 6.42 Å². The molecular formula is C8H13FO4. The number of carbonyl (C=O) groups is 2. The van der Waals surface area contributed by atoms with Crippen LogP contribution in [0, 0.1) is 5.41 Å². The molecule has 0 aliphatic carbocycles. The summed E-state index contributed by atoms with van der Waals surface area (Å²) in [6, 6.07) is 0. The van der Waals surface area contributed by atoms with E-state index in [9.17, 15) is 14.1 Å². The molecule has 0 aliphatic heterocycles. The number of rotatable bonds is 5. The molecule has 0 aromatic heterocycles. The highest BCUT2D eigenvalue weighted by atomic mass is 19.3. The third kappa shape index (κ3) is 4.45. The number of carbonyl (C=O) groups excluding carboxylic acids is 1. The molecule has 13 heavy (non-hydrogen) atoms. The predicted octanol–water partition coefficient (Wildman–Crippen LogP) is 1.70.